The molecule has 0 spiro atoms. The van der Waals surface area contributed by atoms with Crippen LogP contribution in [0.3, 0.4) is 0 Å². The van der Waals surface area contributed by atoms with Gasteiger partial charge in [-0.05, 0) is 54.6 Å². The number of carbonyl (C=O) groups excluding carboxylic acids is 3. The van der Waals surface area contributed by atoms with Crippen molar-refractivity contribution >= 4 is 140 Å². The molecule has 9 nitrogen and oxygen atoms in total. The van der Waals surface area contributed by atoms with Gasteiger partial charge in [0.25, 0.3) is 0 Å². The Morgan fingerprint density at radius 1 is 0.467 bits per heavy atom. The summed E-state index contributed by atoms with van der Waals surface area (Å²) in [6.07, 6.45) is 0. The van der Waals surface area contributed by atoms with Crippen molar-refractivity contribution in [2.24, 2.45) is 0 Å². The first kappa shape index (κ1) is 35.7. The summed E-state index contributed by atoms with van der Waals surface area (Å²) in [5.41, 5.74) is 1.41. The molecule has 234 valence electrons. The molecule has 0 saturated carbocycles. The van der Waals surface area contributed by atoms with Crippen LogP contribution in [0.1, 0.15) is 0 Å². The van der Waals surface area contributed by atoms with E-state index in [1.165, 1.54) is 18.2 Å². The normalized spacial score (nSPS) is 10.8. The molecule has 3 amide bonds. The summed E-state index contributed by atoms with van der Waals surface area (Å²) in [7, 11) is 0. The quantitative estimate of drug-likeness (QED) is 0.121. The van der Waals surface area contributed by atoms with Crippen LogP contribution in [0.2, 0.25) is 30.1 Å². The van der Waals surface area contributed by atoms with E-state index in [9.17, 15) is 14.4 Å². The van der Waals surface area contributed by atoms with Gasteiger partial charge in [0, 0.05) is 17.1 Å². The Morgan fingerprint density at radius 2 is 0.733 bits per heavy atom. The maximum Gasteiger partial charge on any atom is 0.234 e. The zero-order chi connectivity index (χ0) is 32.5. The number of halogens is 6. The van der Waals surface area contributed by atoms with Crippen molar-refractivity contribution in [1.29, 1.82) is 0 Å². The molecule has 0 aliphatic rings. The number of rotatable bonds is 12. The predicted octanol–water partition coefficient (Wildman–Crippen LogP) is 8.98. The van der Waals surface area contributed by atoms with Gasteiger partial charge in [-0.25, -0.2) is 0 Å². The first-order chi connectivity index (χ1) is 21.4. The number of hydrogen-bond acceptors (Lipinski definition) is 9. The smallest absolute Gasteiger partial charge is 0.234 e. The molecule has 1 aromatic heterocycles. The van der Waals surface area contributed by atoms with E-state index < -0.39 is 0 Å². The summed E-state index contributed by atoms with van der Waals surface area (Å²) in [5, 5.41) is 10.8. The predicted molar refractivity (Wildman–Crippen MR) is 187 cm³/mol. The molecule has 18 heteroatoms. The molecule has 4 rings (SSSR count). The zero-order valence-electron chi connectivity index (χ0n) is 22.4. The molecule has 0 bridgehead atoms. The van der Waals surface area contributed by atoms with Crippen LogP contribution >= 0.6 is 105 Å². The number of carbonyl (C=O) groups is 3. The van der Waals surface area contributed by atoms with Crippen molar-refractivity contribution < 1.29 is 14.4 Å². The van der Waals surface area contributed by atoms with Crippen LogP contribution in [-0.4, -0.2) is 49.9 Å². The average molecular weight is 783 g/mol. The van der Waals surface area contributed by atoms with Gasteiger partial charge in [-0.1, -0.05) is 105 Å². The number of aromatic nitrogens is 3. The molecule has 0 aliphatic heterocycles. The second-order valence-corrected chi connectivity index (χ2v) is 13.9. The number of benzene rings is 3. The highest BCUT2D eigenvalue weighted by Crippen LogP contribution is 2.28. The molecule has 0 saturated heterocycles. The van der Waals surface area contributed by atoms with Crippen LogP contribution in [0.15, 0.2) is 70.1 Å². The summed E-state index contributed by atoms with van der Waals surface area (Å²) in [6.45, 7) is 0. The third-order valence-electron chi connectivity index (χ3n) is 5.18. The van der Waals surface area contributed by atoms with Crippen LogP contribution in [0.4, 0.5) is 17.1 Å². The van der Waals surface area contributed by atoms with E-state index in [1.807, 2.05) is 0 Å². The highest BCUT2D eigenvalue weighted by atomic mass is 35.5. The fourth-order valence-corrected chi connectivity index (χ4v) is 6.19. The Morgan fingerprint density at radius 3 is 0.978 bits per heavy atom. The molecule has 3 aromatic carbocycles. The summed E-state index contributed by atoms with van der Waals surface area (Å²) >= 11 is 39.0. The van der Waals surface area contributed by atoms with E-state index in [-0.39, 0.29) is 50.4 Å². The number of anilines is 3. The molecule has 0 aliphatic carbocycles. The molecule has 3 N–H and O–H groups in total. The van der Waals surface area contributed by atoms with Crippen molar-refractivity contribution in [2.75, 3.05) is 33.2 Å². The SMILES string of the molecule is O=C(CSc1nc(SCC(=O)Nc2ccc(Cl)c(Cl)c2)nc(SCC(=O)Nc2ccc(Cl)c(Cl)c2)n1)Nc1ccc(Cl)c(Cl)c1. The maximum absolute atomic E-state index is 12.6. The Bertz CT molecular complexity index is 1540. The minimum Gasteiger partial charge on any atom is -0.325 e. The number of amides is 3. The van der Waals surface area contributed by atoms with E-state index in [1.54, 1.807) is 36.4 Å². The average Bonchev–Trinajstić information content (AvgIpc) is 2.99. The Hall–Kier alpha value is -2.13. The van der Waals surface area contributed by atoms with E-state index in [0.29, 0.717) is 47.2 Å². The highest BCUT2D eigenvalue weighted by Gasteiger charge is 2.15. The lowest BCUT2D eigenvalue weighted by atomic mass is 10.3. The molecule has 4 aromatic rings. The van der Waals surface area contributed by atoms with Crippen molar-refractivity contribution in [3.63, 3.8) is 0 Å². The van der Waals surface area contributed by atoms with Crippen molar-refractivity contribution in [1.82, 2.24) is 15.0 Å². The minimum absolute atomic E-state index is 0.0475. The molecule has 1 heterocycles. The van der Waals surface area contributed by atoms with Crippen molar-refractivity contribution in [2.45, 2.75) is 15.5 Å². The Labute approximate surface area is 300 Å². The van der Waals surface area contributed by atoms with Gasteiger partial charge in [0.05, 0.1) is 47.4 Å². The van der Waals surface area contributed by atoms with E-state index in [0.717, 1.165) is 35.3 Å². The van der Waals surface area contributed by atoms with Gasteiger partial charge in [-0.3, -0.25) is 14.4 Å². The summed E-state index contributed by atoms with van der Waals surface area (Å²) < 4.78 is 0. The summed E-state index contributed by atoms with van der Waals surface area (Å²) in [6, 6.07) is 14.2. The number of thioether (sulfide) groups is 3. The van der Waals surface area contributed by atoms with Gasteiger partial charge < -0.3 is 16.0 Å². The molecular formula is C27H18Cl6N6O3S3. The van der Waals surface area contributed by atoms with Crippen LogP contribution in [0.5, 0.6) is 0 Å². The van der Waals surface area contributed by atoms with Gasteiger partial charge in [-0.15, -0.1) is 0 Å². The Kier molecular flexibility index (Phi) is 13.6. The maximum atomic E-state index is 12.6. The fraction of sp³-hybridized carbons (Fsp3) is 0.111. The number of nitrogens with zero attached hydrogens (tertiary/aromatic N) is 3. The largest absolute Gasteiger partial charge is 0.325 e. The topological polar surface area (TPSA) is 126 Å². The van der Waals surface area contributed by atoms with Gasteiger partial charge in [0.1, 0.15) is 0 Å². The lowest BCUT2D eigenvalue weighted by molar-refractivity contribution is -0.114. The number of hydrogen-bond donors (Lipinski definition) is 3. The fourth-order valence-electron chi connectivity index (χ4n) is 3.22. The third kappa shape index (κ3) is 11.6. The summed E-state index contributed by atoms with van der Waals surface area (Å²) in [4.78, 5) is 50.9. The number of nitrogens with one attached hydrogen (secondary N) is 3. The van der Waals surface area contributed by atoms with Crippen molar-refractivity contribution in [3.8, 4) is 0 Å². The molecule has 45 heavy (non-hydrogen) atoms. The molecule has 0 unspecified atom stereocenters. The van der Waals surface area contributed by atoms with Gasteiger partial charge in [0.2, 0.25) is 17.7 Å². The van der Waals surface area contributed by atoms with E-state index >= 15 is 0 Å². The summed E-state index contributed by atoms with van der Waals surface area (Å²) in [5.74, 6) is -1.17. The molecule has 0 radical (unpaired) electrons. The van der Waals surface area contributed by atoms with Crippen molar-refractivity contribution in [3.05, 3.63) is 84.7 Å². The van der Waals surface area contributed by atoms with Gasteiger partial charge >= 0.3 is 0 Å². The van der Waals surface area contributed by atoms with Crippen LogP contribution < -0.4 is 16.0 Å². The second kappa shape index (κ2) is 17.1. The molecule has 0 fully saturated rings. The first-order valence-corrected chi connectivity index (χ1v) is 17.6. The first-order valence-electron chi connectivity index (χ1n) is 12.3. The lowest BCUT2D eigenvalue weighted by Crippen LogP contribution is -2.16. The zero-order valence-corrected chi connectivity index (χ0v) is 29.4. The Balaban J connectivity index is 1.42. The standard InChI is InChI=1S/C27H18Cl6N6O3S3/c28-16-4-1-13(7-19(16)31)34-22(40)10-43-25-37-26(44-11-23(41)35-14-2-5-17(29)20(32)8-14)39-27(38-25)45-12-24(42)36-15-3-6-18(30)21(33)9-15/h1-9H,10-12H2,(H,34,40)(H,35,41)(H,36,42). The van der Waals surface area contributed by atoms with Gasteiger partial charge in [-0.2, -0.15) is 15.0 Å². The monoisotopic (exact) mass is 780 g/mol. The van der Waals surface area contributed by atoms with Gasteiger partial charge in [0.15, 0.2) is 15.5 Å². The lowest BCUT2D eigenvalue weighted by Gasteiger charge is -2.09. The molecule has 0 atom stereocenters. The van der Waals surface area contributed by atoms with E-state index in [2.05, 4.69) is 30.9 Å². The third-order valence-corrected chi connectivity index (χ3v) is 9.94. The molecular weight excluding hydrogens is 765 g/mol. The van der Waals surface area contributed by atoms with E-state index in [4.69, 9.17) is 69.6 Å². The van der Waals surface area contributed by atoms with Crippen LogP contribution in [0.25, 0.3) is 0 Å². The van der Waals surface area contributed by atoms with Crippen LogP contribution in [-0.2, 0) is 14.4 Å². The second-order valence-electron chi connectivity index (χ2n) is 8.58. The minimum atomic E-state index is -0.343. The van der Waals surface area contributed by atoms with Crippen LogP contribution in [0, 0.1) is 0 Å². The highest BCUT2D eigenvalue weighted by molar-refractivity contribution is 8.01.